The van der Waals surface area contributed by atoms with Crippen LogP contribution in [0.4, 0.5) is 4.39 Å². The number of hydrogen-bond donors (Lipinski definition) is 1. The maximum absolute atomic E-state index is 13.1. The lowest BCUT2D eigenvalue weighted by atomic mass is 9.84. The molecule has 2 fully saturated rings. The summed E-state index contributed by atoms with van der Waals surface area (Å²) in [4.78, 5) is 14.7. The monoisotopic (exact) mass is 399 g/mol. The highest BCUT2D eigenvalue weighted by Gasteiger charge is 2.47. The summed E-state index contributed by atoms with van der Waals surface area (Å²) in [5, 5.41) is 11.2. The standard InChI is InChI=1S/C23H26FNO4/c1-28-18-11-16(12-19(13-18)29-2)23(27)7-9-25(10-8-23)22(26)21-14-20(21)15-3-5-17(24)6-4-15/h3-6,11-13,20-21,27H,7-10,14H2,1-2H3/t20-,21+/m1/s1. The minimum absolute atomic E-state index is 0.0384. The molecular formula is C23H26FNO4. The van der Waals surface area contributed by atoms with Gasteiger partial charge in [-0.2, -0.15) is 0 Å². The molecule has 0 radical (unpaired) electrons. The molecule has 29 heavy (non-hydrogen) atoms. The highest BCUT2D eigenvalue weighted by Crippen LogP contribution is 2.49. The smallest absolute Gasteiger partial charge is 0.226 e. The molecule has 0 bridgehead atoms. The number of halogens is 1. The van der Waals surface area contributed by atoms with Crippen molar-refractivity contribution in [2.45, 2.75) is 30.8 Å². The van der Waals surface area contributed by atoms with Crippen LogP contribution in [0.15, 0.2) is 42.5 Å². The topological polar surface area (TPSA) is 59.0 Å². The van der Waals surface area contributed by atoms with Crippen LogP contribution in [0.3, 0.4) is 0 Å². The van der Waals surface area contributed by atoms with Crippen LogP contribution in [0, 0.1) is 11.7 Å². The van der Waals surface area contributed by atoms with Crippen molar-refractivity contribution in [1.29, 1.82) is 0 Å². The van der Waals surface area contributed by atoms with Crippen LogP contribution in [0.25, 0.3) is 0 Å². The number of rotatable bonds is 5. The maximum Gasteiger partial charge on any atom is 0.226 e. The number of nitrogens with zero attached hydrogens (tertiary/aromatic N) is 1. The van der Waals surface area contributed by atoms with Crippen molar-refractivity contribution in [1.82, 2.24) is 4.90 Å². The van der Waals surface area contributed by atoms with Gasteiger partial charge in [0, 0.05) is 25.1 Å². The molecule has 0 unspecified atom stereocenters. The SMILES string of the molecule is COc1cc(OC)cc(C2(O)CCN(C(=O)[C@H]3C[C@@H]3c3ccc(F)cc3)CC2)c1. The molecule has 0 spiro atoms. The zero-order valence-corrected chi connectivity index (χ0v) is 16.7. The lowest BCUT2D eigenvalue weighted by Gasteiger charge is -2.39. The average Bonchev–Trinajstić information content (AvgIpc) is 3.55. The van der Waals surface area contributed by atoms with Crippen LogP contribution in [0.1, 0.15) is 36.3 Å². The Morgan fingerprint density at radius 2 is 1.66 bits per heavy atom. The molecule has 1 heterocycles. The first-order chi connectivity index (χ1) is 13.9. The van der Waals surface area contributed by atoms with Crippen LogP contribution < -0.4 is 9.47 Å². The Bertz CT molecular complexity index is 868. The van der Waals surface area contributed by atoms with E-state index >= 15 is 0 Å². The number of carbonyl (C=O) groups is 1. The van der Waals surface area contributed by atoms with E-state index in [9.17, 15) is 14.3 Å². The fourth-order valence-corrected chi connectivity index (χ4v) is 4.24. The summed E-state index contributed by atoms with van der Waals surface area (Å²) < 4.78 is 23.7. The molecule has 154 valence electrons. The Kier molecular flexibility index (Phi) is 5.21. The van der Waals surface area contributed by atoms with E-state index in [2.05, 4.69) is 0 Å². The van der Waals surface area contributed by atoms with Crippen LogP contribution in [0.5, 0.6) is 11.5 Å². The van der Waals surface area contributed by atoms with Gasteiger partial charge in [0.1, 0.15) is 17.3 Å². The molecule has 4 rings (SSSR count). The Morgan fingerprint density at radius 3 is 2.21 bits per heavy atom. The van der Waals surface area contributed by atoms with Gasteiger partial charge in [-0.05, 0) is 60.6 Å². The summed E-state index contributed by atoms with van der Waals surface area (Å²) in [7, 11) is 3.16. The number of ether oxygens (including phenoxy) is 2. The van der Waals surface area contributed by atoms with Gasteiger partial charge >= 0.3 is 0 Å². The van der Waals surface area contributed by atoms with Gasteiger partial charge < -0.3 is 19.5 Å². The Labute approximate surface area is 170 Å². The lowest BCUT2D eigenvalue weighted by molar-refractivity contribution is -0.137. The number of piperidine rings is 1. The molecule has 1 amide bonds. The molecule has 1 saturated carbocycles. The van der Waals surface area contributed by atoms with Crippen LogP contribution in [0.2, 0.25) is 0 Å². The van der Waals surface area contributed by atoms with Crippen molar-refractivity contribution in [2.75, 3.05) is 27.3 Å². The molecule has 6 heteroatoms. The van der Waals surface area contributed by atoms with Crippen molar-refractivity contribution in [3.63, 3.8) is 0 Å². The van der Waals surface area contributed by atoms with Crippen molar-refractivity contribution < 1.29 is 23.8 Å². The average molecular weight is 399 g/mol. The number of methoxy groups -OCH3 is 2. The number of amides is 1. The van der Waals surface area contributed by atoms with Gasteiger partial charge in [0.25, 0.3) is 0 Å². The number of likely N-dealkylation sites (tertiary alicyclic amines) is 1. The minimum atomic E-state index is -1.02. The first kappa shape index (κ1) is 19.7. The molecule has 2 aromatic carbocycles. The first-order valence-corrected chi connectivity index (χ1v) is 9.94. The molecule has 0 aromatic heterocycles. The molecule has 1 aliphatic heterocycles. The fraction of sp³-hybridized carbons (Fsp3) is 0.435. The summed E-state index contributed by atoms with van der Waals surface area (Å²) in [5.74, 6) is 1.26. The third-order valence-electron chi connectivity index (χ3n) is 6.20. The van der Waals surface area contributed by atoms with E-state index in [-0.39, 0.29) is 23.6 Å². The Balaban J connectivity index is 1.40. The molecule has 1 N–H and O–H groups in total. The van der Waals surface area contributed by atoms with Gasteiger partial charge in [0.2, 0.25) is 5.91 Å². The summed E-state index contributed by atoms with van der Waals surface area (Å²) >= 11 is 0. The summed E-state index contributed by atoms with van der Waals surface area (Å²) in [6.45, 7) is 1.00. The zero-order valence-electron chi connectivity index (χ0n) is 16.7. The number of hydrogen-bond acceptors (Lipinski definition) is 4. The molecular weight excluding hydrogens is 373 g/mol. The minimum Gasteiger partial charge on any atom is -0.497 e. The van der Waals surface area contributed by atoms with E-state index in [0.29, 0.717) is 37.4 Å². The molecule has 2 aromatic rings. The van der Waals surface area contributed by atoms with Crippen molar-refractivity contribution in [2.24, 2.45) is 5.92 Å². The van der Waals surface area contributed by atoms with Gasteiger partial charge in [-0.25, -0.2) is 4.39 Å². The normalized spacial score (nSPS) is 22.8. The number of benzene rings is 2. The molecule has 2 aliphatic rings. The molecule has 2 atom stereocenters. The second-order valence-electron chi connectivity index (χ2n) is 7.96. The summed E-state index contributed by atoms with van der Waals surface area (Å²) in [6.07, 6.45) is 1.73. The van der Waals surface area contributed by atoms with Gasteiger partial charge in [0.15, 0.2) is 0 Å². The highest BCUT2D eigenvalue weighted by atomic mass is 19.1. The van der Waals surface area contributed by atoms with Gasteiger partial charge in [-0.15, -0.1) is 0 Å². The second-order valence-corrected chi connectivity index (χ2v) is 7.96. The van der Waals surface area contributed by atoms with Gasteiger partial charge in [-0.3, -0.25) is 4.79 Å². The van der Waals surface area contributed by atoms with E-state index in [0.717, 1.165) is 17.5 Å². The molecule has 1 saturated heterocycles. The Hall–Kier alpha value is -2.60. The summed E-state index contributed by atoms with van der Waals surface area (Å²) in [6, 6.07) is 11.8. The second kappa shape index (κ2) is 7.67. The van der Waals surface area contributed by atoms with Crippen LogP contribution in [-0.2, 0) is 10.4 Å². The first-order valence-electron chi connectivity index (χ1n) is 9.94. The zero-order chi connectivity index (χ0) is 20.6. The van der Waals surface area contributed by atoms with E-state index in [4.69, 9.17) is 9.47 Å². The molecule has 1 aliphatic carbocycles. The quantitative estimate of drug-likeness (QED) is 0.837. The lowest BCUT2D eigenvalue weighted by Crippen LogP contribution is -2.45. The van der Waals surface area contributed by atoms with E-state index in [1.165, 1.54) is 12.1 Å². The van der Waals surface area contributed by atoms with Crippen molar-refractivity contribution >= 4 is 5.91 Å². The number of carbonyl (C=O) groups excluding carboxylic acids is 1. The maximum atomic E-state index is 13.1. The number of aliphatic hydroxyl groups is 1. The predicted molar refractivity (Wildman–Crippen MR) is 107 cm³/mol. The largest absolute Gasteiger partial charge is 0.497 e. The fourth-order valence-electron chi connectivity index (χ4n) is 4.24. The highest BCUT2D eigenvalue weighted by molar-refractivity contribution is 5.83. The third-order valence-corrected chi connectivity index (χ3v) is 6.20. The van der Waals surface area contributed by atoms with E-state index in [1.807, 2.05) is 17.0 Å². The van der Waals surface area contributed by atoms with Crippen LogP contribution in [-0.4, -0.2) is 43.2 Å². The van der Waals surface area contributed by atoms with Crippen molar-refractivity contribution in [3.8, 4) is 11.5 Å². The summed E-state index contributed by atoms with van der Waals surface area (Å²) in [5.41, 5.74) is 0.747. The van der Waals surface area contributed by atoms with Crippen molar-refractivity contribution in [3.05, 3.63) is 59.4 Å². The predicted octanol–water partition coefficient (Wildman–Crippen LogP) is 3.46. The Morgan fingerprint density at radius 1 is 1.07 bits per heavy atom. The van der Waals surface area contributed by atoms with E-state index < -0.39 is 5.60 Å². The van der Waals surface area contributed by atoms with E-state index in [1.54, 1.807) is 32.4 Å². The van der Waals surface area contributed by atoms with Gasteiger partial charge in [-0.1, -0.05) is 12.1 Å². The van der Waals surface area contributed by atoms with Gasteiger partial charge in [0.05, 0.1) is 19.8 Å². The van der Waals surface area contributed by atoms with Crippen LogP contribution >= 0.6 is 0 Å². The third kappa shape index (κ3) is 3.94. The molecule has 5 nitrogen and oxygen atoms in total.